The molecule has 17 heteroatoms. The van der Waals surface area contributed by atoms with E-state index >= 15 is 0 Å². The van der Waals surface area contributed by atoms with Gasteiger partial charge in [-0.25, -0.2) is 9.07 Å². The van der Waals surface area contributed by atoms with Gasteiger partial charge in [-0.1, -0.05) is 16.8 Å². The van der Waals surface area contributed by atoms with E-state index in [9.17, 15) is 37.8 Å². The van der Waals surface area contributed by atoms with Gasteiger partial charge in [0.25, 0.3) is 5.69 Å². The van der Waals surface area contributed by atoms with Gasteiger partial charge in [-0.15, -0.1) is 10.2 Å². The number of non-ortho nitro benzene ring substituents is 1. The van der Waals surface area contributed by atoms with Gasteiger partial charge in [-0.05, 0) is 37.3 Å². The standard InChI is InChI=1S/C22H14ClF4N7O5/c1-11(10-28-29-18-4-2-13(33(35)36)8-20(18)34(37)38)32-19-9-14(3-5-17(19)30-31-32)39-21-15(23)6-12(7-16(21)24)22(25,26)27/h2-9,11H,10H2,1H3. The van der Waals surface area contributed by atoms with Gasteiger partial charge < -0.3 is 4.74 Å². The predicted octanol–water partition coefficient (Wildman–Crippen LogP) is 7.20. The summed E-state index contributed by atoms with van der Waals surface area (Å²) in [5.74, 6) is -1.88. The van der Waals surface area contributed by atoms with E-state index in [1.54, 1.807) is 6.92 Å². The topological polar surface area (TPSA) is 151 Å². The first-order chi connectivity index (χ1) is 18.3. The SMILES string of the molecule is CC(CN=Nc1ccc([N+](=O)[O-])cc1[N+](=O)[O-])n1nnc2ccc(Oc3c(F)cc(C(F)(F)F)cc3Cl)cc21. The van der Waals surface area contributed by atoms with E-state index in [0.717, 1.165) is 18.2 Å². The summed E-state index contributed by atoms with van der Waals surface area (Å²) in [6.45, 7) is 1.63. The average Bonchev–Trinajstić information content (AvgIpc) is 3.28. The third kappa shape index (κ3) is 5.90. The molecule has 0 radical (unpaired) electrons. The van der Waals surface area contributed by atoms with E-state index in [0.29, 0.717) is 17.1 Å². The maximum absolute atomic E-state index is 14.4. The lowest BCUT2D eigenvalue weighted by Gasteiger charge is -2.13. The van der Waals surface area contributed by atoms with Crippen LogP contribution in [0.2, 0.25) is 5.02 Å². The Morgan fingerprint density at radius 3 is 2.49 bits per heavy atom. The number of azo groups is 1. The van der Waals surface area contributed by atoms with Gasteiger partial charge in [0.2, 0.25) is 0 Å². The molecule has 12 nitrogen and oxygen atoms in total. The quantitative estimate of drug-likeness (QED) is 0.0944. The van der Waals surface area contributed by atoms with E-state index in [4.69, 9.17) is 16.3 Å². The molecule has 0 aliphatic heterocycles. The van der Waals surface area contributed by atoms with Gasteiger partial charge >= 0.3 is 11.9 Å². The molecule has 0 bridgehead atoms. The van der Waals surface area contributed by atoms with Gasteiger partial charge in [-0.2, -0.15) is 18.3 Å². The van der Waals surface area contributed by atoms with E-state index in [1.807, 2.05) is 0 Å². The zero-order chi connectivity index (χ0) is 28.5. The zero-order valence-corrected chi connectivity index (χ0v) is 20.2. The molecule has 0 fully saturated rings. The molecule has 1 aromatic heterocycles. The highest BCUT2D eigenvalue weighted by Gasteiger charge is 2.32. The second-order valence-corrected chi connectivity index (χ2v) is 8.42. The Kier molecular flexibility index (Phi) is 7.40. The summed E-state index contributed by atoms with van der Waals surface area (Å²) in [7, 11) is 0. The van der Waals surface area contributed by atoms with E-state index in [2.05, 4.69) is 20.5 Å². The normalized spacial score (nSPS) is 12.7. The number of benzene rings is 3. The first-order valence-corrected chi connectivity index (χ1v) is 11.1. The van der Waals surface area contributed by atoms with Gasteiger partial charge in [0.1, 0.15) is 11.3 Å². The number of ether oxygens (including phenoxy) is 1. The van der Waals surface area contributed by atoms with Crippen LogP contribution in [0, 0.1) is 26.0 Å². The van der Waals surface area contributed by atoms with Gasteiger partial charge in [0.15, 0.2) is 17.3 Å². The van der Waals surface area contributed by atoms with Crippen molar-refractivity contribution in [3.8, 4) is 11.5 Å². The smallest absolute Gasteiger partial charge is 0.416 e. The van der Waals surface area contributed by atoms with Crippen LogP contribution in [0.25, 0.3) is 11.0 Å². The first kappa shape index (κ1) is 27.3. The second kappa shape index (κ2) is 10.6. The summed E-state index contributed by atoms with van der Waals surface area (Å²) in [5.41, 5.74) is -1.73. The lowest BCUT2D eigenvalue weighted by Crippen LogP contribution is -2.10. The number of hydrogen-bond acceptors (Lipinski definition) is 9. The summed E-state index contributed by atoms with van der Waals surface area (Å²) in [6, 6.07) is 7.53. The first-order valence-electron chi connectivity index (χ1n) is 10.7. The molecular formula is C22H14ClF4N7O5. The molecule has 0 saturated heterocycles. The van der Waals surface area contributed by atoms with Crippen LogP contribution in [0.5, 0.6) is 11.5 Å². The molecule has 4 rings (SSSR count). The molecule has 0 aliphatic carbocycles. The Hall–Kier alpha value is -4.73. The minimum atomic E-state index is -4.79. The number of alkyl halides is 3. The maximum Gasteiger partial charge on any atom is 0.416 e. The highest BCUT2D eigenvalue weighted by atomic mass is 35.5. The van der Waals surface area contributed by atoms with Crippen LogP contribution < -0.4 is 4.74 Å². The number of rotatable bonds is 8. The average molecular weight is 568 g/mol. The molecule has 202 valence electrons. The fraction of sp³-hybridized carbons (Fsp3) is 0.182. The molecular weight excluding hydrogens is 554 g/mol. The third-order valence-corrected chi connectivity index (χ3v) is 5.58. The van der Waals surface area contributed by atoms with Crippen LogP contribution in [0.1, 0.15) is 18.5 Å². The number of nitrogens with zero attached hydrogens (tertiary/aromatic N) is 7. The molecule has 1 atom stereocenters. The van der Waals surface area contributed by atoms with Crippen LogP contribution in [0.4, 0.5) is 34.6 Å². The van der Waals surface area contributed by atoms with Crippen molar-refractivity contribution in [3.05, 3.63) is 85.2 Å². The molecule has 3 aromatic carbocycles. The van der Waals surface area contributed by atoms with E-state index in [1.165, 1.54) is 22.9 Å². The van der Waals surface area contributed by atoms with Crippen molar-refractivity contribution in [3.63, 3.8) is 0 Å². The third-order valence-electron chi connectivity index (χ3n) is 5.30. The number of nitro groups is 2. The van der Waals surface area contributed by atoms with Crippen LogP contribution in [-0.2, 0) is 6.18 Å². The Labute approximate surface area is 219 Å². The highest BCUT2D eigenvalue weighted by molar-refractivity contribution is 6.32. The maximum atomic E-state index is 14.4. The highest BCUT2D eigenvalue weighted by Crippen LogP contribution is 2.39. The van der Waals surface area contributed by atoms with E-state index in [-0.39, 0.29) is 24.0 Å². The molecule has 39 heavy (non-hydrogen) atoms. The van der Waals surface area contributed by atoms with Crippen molar-refractivity contribution in [2.24, 2.45) is 10.2 Å². The number of nitro benzene ring substituents is 2. The minimum absolute atomic E-state index is 0.0296. The summed E-state index contributed by atoms with van der Waals surface area (Å²) >= 11 is 5.84. The molecule has 0 aliphatic rings. The summed E-state index contributed by atoms with van der Waals surface area (Å²) in [5, 5.41) is 37.3. The predicted molar refractivity (Wildman–Crippen MR) is 128 cm³/mol. The van der Waals surface area contributed by atoms with Crippen molar-refractivity contribution in [1.82, 2.24) is 15.0 Å². The molecule has 1 unspecified atom stereocenters. The molecule has 0 spiro atoms. The summed E-state index contributed by atoms with van der Waals surface area (Å²) < 4.78 is 59.9. The molecule has 4 aromatic rings. The van der Waals surface area contributed by atoms with Crippen LogP contribution in [0.3, 0.4) is 0 Å². The van der Waals surface area contributed by atoms with Crippen LogP contribution >= 0.6 is 11.6 Å². The van der Waals surface area contributed by atoms with Crippen molar-refractivity contribution in [1.29, 1.82) is 0 Å². The molecule has 0 saturated carbocycles. The Bertz CT molecular complexity index is 1600. The molecule has 0 N–H and O–H groups in total. The van der Waals surface area contributed by atoms with Gasteiger partial charge in [0, 0.05) is 12.1 Å². The van der Waals surface area contributed by atoms with Crippen LogP contribution in [0.15, 0.2) is 58.8 Å². The van der Waals surface area contributed by atoms with Crippen molar-refractivity contribution < 1.29 is 32.1 Å². The van der Waals surface area contributed by atoms with Gasteiger partial charge in [0.05, 0.1) is 44.6 Å². The number of fused-ring (bicyclic) bond motifs is 1. The van der Waals surface area contributed by atoms with E-state index < -0.39 is 55.6 Å². The Balaban J connectivity index is 1.56. The number of aromatic nitrogens is 3. The summed E-state index contributed by atoms with van der Waals surface area (Å²) in [6.07, 6.45) is -4.79. The number of halogens is 5. The van der Waals surface area contributed by atoms with Crippen molar-refractivity contribution in [2.45, 2.75) is 19.1 Å². The zero-order valence-electron chi connectivity index (χ0n) is 19.5. The largest absolute Gasteiger partial charge is 0.453 e. The Morgan fingerprint density at radius 1 is 1.10 bits per heavy atom. The Morgan fingerprint density at radius 2 is 1.85 bits per heavy atom. The summed E-state index contributed by atoms with van der Waals surface area (Å²) in [4.78, 5) is 20.5. The lowest BCUT2D eigenvalue weighted by atomic mass is 10.2. The monoisotopic (exact) mass is 567 g/mol. The lowest BCUT2D eigenvalue weighted by molar-refractivity contribution is -0.393. The molecule has 0 amide bonds. The molecule has 1 heterocycles. The van der Waals surface area contributed by atoms with Crippen LogP contribution in [-0.4, -0.2) is 31.4 Å². The van der Waals surface area contributed by atoms with Gasteiger partial charge in [-0.3, -0.25) is 20.2 Å². The second-order valence-electron chi connectivity index (χ2n) is 8.01. The van der Waals surface area contributed by atoms with Crippen molar-refractivity contribution in [2.75, 3.05) is 6.54 Å². The fourth-order valence-corrected chi connectivity index (χ4v) is 3.66. The fourth-order valence-electron chi connectivity index (χ4n) is 3.41. The minimum Gasteiger partial charge on any atom is -0.453 e. The van der Waals surface area contributed by atoms with Crippen molar-refractivity contribution >= 4 is 39.7 Å². The number of hydrogen-bond donors (Lipinski definition) is 0.